The van der Waals surface area contributed by atoms with E-state index in [1.807, 2.05) is 0 Å². The molecule has 0 radical (unpaired) electrons. The summed E-state index contributed by atoms with van der Waals surface area (Å²) in [6.45, 7) is 6.85. The van der Waals surface area contributed by atoms with E-state index in [9.17, 15) is 0 Å². The Hall–Kier alpha value is -2.34. The van der Waals surface area contributed by atoms with Crippen LogP contribution in [0.2, 0.25) is 0 Å². The monoisotopic (exact) mass is 434 g/mol. The second kappa shape index (κ2) is 7.86. The predicted molar refractivity (Wildman–Crippen MR) is 140 cm³/mol. The molecule has 3 aromatic carbocycles. The standard InChI is InChI=1S/C33H38/c1-4-5-7-25-10-12-26(13-11-25)20-27-21-32-16-6-17-33(32,22-27)31-19-24(3)9-15-29(31)28-14-8-23(2)18-30(28)32/h8-15,18-19,27H,4-7,16-17,20-22H2,1-3H3/t27?,32-,33+. The third kappa shape index (κ3) is 3.17. The summed E-state index contributed by atoms with van der Waals surface area (Å²) < 4.78 is 0. The Morgan fingerprint density at radius 2 is 1.27 bits per heavy atom. The normalized spacial score (nSPS) is 27.1. The van der Waals surface area contributed by atoms with Crippen LogP contribution < -0.4 is 0 Å². The highest BCUT2D eigenvalue weighted by molar-refractivity contribution is 5.79. The summed E-state index contributed by atoms with van der Waals surface area (Å²) in [5, 5.41) is 0. The van der Waals surface area contributed by atoms with Gasteiger partial charge < -0.3 is 0 Å². The summed E-state index contributed by atoms with van der Waals surface area (Å²) >= 11 is 0. The molecular weight excluding hydrogens is 396 g/mol. The van der Waals surface area contributed by atoms with Crippen molar-refractivity contribution in [1.82, 2.24) is 0 Å². The Labute approximate surface area is 200 Å². The van der Waals surface area contributed by atoms with Gasteiger partial charge in [-0.05, 0) is 98.1 Å². The van der Waals surface area contributed by atoms with Crippen LogP contribution >= 0.6 is 0 Å². The molecule has 3 aromatic rings. The minimum Gasteiger partial charge on any atom is -0.0654 e. The molecule has 0 bridgehead atoms. The van der Waals surface area contributed by atoms with Crippen LogP contribution in [0, 0.1) is 19.8 Å². The van der Waals surface area contributed by atoms with Crippen molar-refractivity contribution in [1.29, 1.82) is 0 Å². The molecule has 33 heavy (non-hydrogen) atoms. The van der Waals surface area contributed by atoms with Gasteiger partial charge in [0.25, 0.3) is 0 Å². The molecule has 0 aromatic heterocycles. The van der Waals surface area contributed by atoms with Crippen LogP contribution in [0.15, 0.2) is 60.7 Å². The molecule has 2 saturated carbocycles. The zero-order valence-electron chi connectivity index (χ0n) is 20.7. The van der Waals surface area contributed by atoms with Gasteiger partial charge in [0, 0.05) is 10.8 Å². The van der Waals surface area contributed by atoms with E-state index in [1.165, 1.54) is 85.6 Å². The molecule has 6 rings (SSSR count). The SMILES string of the molecule is CCCCc1ccc(CC2C[C@]34CCC[C@@]3(C2)c2cc(C)ccc2-c2ccc(C)cc24)cc1. The van der Waals surface area contributed by atoms with E-state index in [1.54, 1.807) is 16.7 Å². The average Bonchev–Trinajstić information content (AvgIpc) is 3.33. The Balaban J connectivity index is 1.40. The van der Waals surface area contributed by atoms with Gasteiger partial charge in [-0.25, -0.2) is 0 Å². The van der Waals surface area contributed by atoms with Crippen LogP contribution in [0.5, 0.6) is 0 Å². The van der Waals surface area contributed by atoms with Gasteiger partial charge in [-0.1, -0.05) is 91.6 Å². The average molecular weight is 435 g/mol. The lowest BCUT2D eigenvalue weighted by Crippen LogP contribution is -2.43. The van der Waals surface area contributed by atoms with Crippen LogP contribution in [0.1, 0.15) is 85.3 Å². The fraction of sp³-hybridized carbons (Fsp3) is 0.455. The Kier molecular flexibility index (Phi) is 5.05. The molecule has 2 fully saturated rings. The van der Waals surface area contributed by atoms with Crippen LogP contribution in [-0.4, -0.2) is 0 Å². The van der Waals surface area contributed by atoms with Gasteiger partial charge >= 0.3 is 0 Å². The van der Waals surface area contributed by atoms with Gasteiger partial charge in [-0.3, -0.25) is 0 Å². The van der Waals surface area contributed by atoms with Gasteiger partial charge in [-0.15, -0.1) is 0 Å². The van der Waals surface area contributed by atoms with Gasteiger partial charge in [0.1, 0.15) is 0 Å². The molecule has 170 valence electrons. The number of unbranched alkanes of at least 4 members (excludes halogenated alkanes) is 1. The second-order valence-corrected chi connectivity index (χ2v) is 11.5. The topological polar surface area (TPSA) is 0 Å². The number of aryl methyl sites for hydroxylation is 3. The molecule has 0 aliphatic heterocycles. The van der Waals surface area contributed by atoms with Gasteiger partial charge in [0.05, 0.1) is 0 Å². The Morgan fingerprint density at radius 1 is 0.727 bits per heavy atom. The van der Waals surface area contributed by atoms with Crippen molar-refractivity contribution in [3.63, 3.8) is 0 Å². The molecule has 1 unspecified atom stereocenters. The van der Waals surface area contributed by atoms with Crippen molar-refractivity contribution in [3.8, 4) is 11.1 Å². The quantitative estimate of drug-likeness (QED) is 0.377. The highest BCUT2D eigenvalue weighted by Gasteiger charge is 2.64. The van der Waals surface area contributed by atoms with Crippen LogP contribution in [0.4, 0.5) is 0 Å². The number of hydrogen-bond acceptors (Lipinski definition) is 0. The van der Waals surface area contributed by atoms with Gasteiger partial charge in [0.2, 0.25) is 0 Å². The molecule has 0 saturated heterocycles. The van der Waals surface area contributed by atoms with Crippen LogP contribution in [0.25, 0.3) is 11.1 Å². The fourth-order valence-electron chi connectivity index (χ4n) is 8.11. The number of rotatable bonds is 5. The third-order valence-corrected chi connectivity index (χ3v) is 9.44. The third-order valence-electron chi connectivity index (χ3n) is 9.44. The Bertz CT molecular complexity index is 1120. The van der Waals surface area contributed by atoms with E-state index in [2.05, 4.69) is 81.4 Å². The maximum Gasteiger partial charge on any atom is 0.00591 e. The fourth-order valence-corrected chi connectivity index (χ4v) is 8.11. The van der Waals surface area contributed by atoms with Crippen molar-refractivity contribution < 1.29 is 0 Å². The first-order chi connectivity index (χ1) is 16.0. The molecule has 3 aliphatic carbocycles. The van der Waals surface area contributed by atoms with E-state index < -0.39 is 0 Å². The van der Waals surface area contributed by atoms with Gasteiger partial charge in [-0.2, -0.15) is 0 Å². The molecular formula is C33H38. The molecule has 3 atom stereocenters. The molecule has 0 heterocycles. The van der Waals surface area contributed by atoms with E-state index in [4.69, 9.17) is 0 Å². The maximum atomic E-state index is 2.56. The van der Waals surface area contributed by atoms with Gasteiger partial charge in [0.15, 0.2) is 0 Å². The maximum absolute atomic E-state index is 2.56. The summed E-state index contributed by atoms with van der Waals surface area (Å²) in [5.74, 6) is 0.770. The number of fused-ring (bicyclic) bond motifs is 3. The summed E-state index contributed by atoms with van der Waals surface area (Å²) in [7, 11) is 0. The summed E-state index contributed by atoms with van der Waals surface area (Å²) in [6, 6.07) is 24.3. The smallest absolute Gasteiger partial charge is 0.00591 e. The van der Waals surface area contributed by atoms with Crippen molar-refractivity contribution in [2.45, 2.75) is 89.4 Å². The number of hydrogen-bond donors (Lipinski definition) is 0. The van der Waals surface area contributed by atoms with Crippen LogP contribution in [0.3, 0.4) is 0 Å². The molecule has 0 heteroatoms. The summed E-state index contributed by atoms with van der Waals surface area (Å²) in [4.78, 5) is 0. The first-order valence-electron chi connectivity index (χ1n) is 13.4. The van der Waals surface area contributed by atoms with Crippen molar-refractivity contribution in [2.24, 2.45) is 5.92 Å². The van der Waals surface area contributed by atoms with Crippen molar-refractivity contribution >= 4 is 0 Å². The summed E-state index contributed by atoms with van der Waals surface area (Å²) in [5.41, 5.74) is 12.9. The van der Waals surface area contributed by atoms with Crippen LogP contribution in [-0.2, 0) is 23.7 Å². The Morgan fingerprint density at radius 3 is 1.82 bits per heavy atom. The zero-order valence-corrected chi connectivity index (χ0v) is 20.7. The van der Waals surface area contributed by atoms with Crippen molar-refractivity contribution in [3.05, 3.63) is 94.0 Å². The molecule has 0 spiro atoms. The minimum absolute atomic E-state index is 0.334. The summed E-state index contributed by atoms with van der Waals surface area (Å²) in [6.07, 6.45) is 11.8. The lowest BCUT2D eigenvalue weighted by Gasteiger charge is -2.48. The van der Waals surface area contributed by atoms with E-state index in [0.29, 0.717) is 10.8 Å². The number of benzene rings is 3. The van der Waals surface area contributed by atoms with E-state index in [-0.39, 0.29) is 0 Å². The van der Waals surface area contributed by atoms with E-state index >= 15 is 0 Å². The minimum atomic E-state index is 0.334. The molecule has 0 amide bonds. The molecule has 3 aliphatic rings. The molecule has 0 nitrogen and oxygen atoms in total. The predicted octanol–water partition coefficient (Wildman–Crippen LogP) is 8.64. The first-order valence-corrected chi connectivity index (χ1v) is 13.4. The molecule has 0 N–H and O–H groups in total. The first kappa shape index (κ1) is 21.2. The lowest BCUT2D eigenvalue weighted by molar-refractivity contribution is 0.299. The highest BCUT2D eigenvalue weighted by Crippen LogP contribution is 2.70. The lowest BCUT2D eigenvalue weighted by atomic mass is 9.55. The largest absolute Gasteiger partial charge is 0.0654 e. The van der Waals surface area contributed by atoms with E-state index in [0.717, 1.165) is 5.92 Å². The highest BCUT2D eigenvalue weighted by atomic mass is 14.7. The second-order valence-electron chi connectivity index (χ2n) is 11.5. The zero-order chi connectivity index (χ0) is 22.6. The van der Waals surface area contributed by atoms with Crippen molar-refractivity contribution in [2.75, 3.05) is 0 Å².